The first kappa shape index (κ1) is 14.6. The van der Waals surface area contributed by atoms with Crippen molar-refractivity contribution in [1.82, 2.24) is 0 Å². The minimum Gasteiger partial charge on any atom is -0.397 e. The number of hydrogen-bond donors (Lipinski definition) is 2. The van der Waals surface area contributed by atoms with Crippen LogP contribution in [0.25, 0.3) is 0 Å². The molecule has 1 aromatic heterocycles. The summed E-state index contributed by atoms with van der Waals surface area (Å²) in [6, 6.07) is 12.2. The van der Waals surface area contributed by atoms with E-state index in [1.54, 1.807) is 0 Å². The quantitative estimate of drug-likeness (QED) is 0.785. The van der Waals surface area contributed by atoms with Crippen LogP contribution in [-0.4, -0.2) is 12.3 Å². The van der Waals surface area contributed by atoms with E-state index in [0.29, 0.717) is 22.9 Å². The first-order chi connectivity index (χ1) is 9.61. The maximum absolute atomic E-state index is 11.7. The van der Waals surface area contributed by atoms with Crippen molar-refractivity contribution in [1.29, 1.82) is 0 Å². The fourth-order valence-corrected chi connectivity index (χ4v) is 3.02. The van der Waals surface area contributed by atoms with E-state index in [0.717, 1.165) is 11.5 Å². The van der Waals surface area contributed by atoms with E-state index in [1.807, 2.05) is 31.2 Å². The second-order valence-electron chi connectivity index (χ2n) is 4.86. The summed E-state index contributed by atoms with van der Waals surface area (Å²) < 4.78 is 0. The summed E-state index contributed by atoms with van der Waals surface area (Å²) in [5.74, 6) is 0.515. The number of rotatable bonds is 6. The van der Waals surface area contributed by atoms with Gasteiger partial charge in [0.1, 0.15) is 0 Å². The second-order valence-corrected chi connectivity index (χ2v) is 5.92. The van der Waals surface area contributed by atoms with Gasteiger partial charge in [-0.05, 0) is 17.5 Å². The van der Waals surface area contributed by atoms with Crippen LogP contribution in [0.3, 0.4) is 0 Å². The maximum Gasteiger partial charge on any atom is 0.174 e. The van der Waals surface area contributed by atoms with Crippen LogP contribution in [-0.2, 0) is 0 Å². The number of anilines is 2. The van der Waals surface area contributed by atoms with Crippen molar-refractivity contribution in [3.05, 3.63) is 46.8 Å². The lowest BCUT2D eigenvalue weighted by Gasteiger charge is -2.12. The molecule has 0 radical (unpaired) electrons. The molecule has 2 aromatic rings. The van der Waals surface area contributed by atoms with Gasteiger partial charge in [-0.2, -0.15) is 0 Å². The monoisotopic (exact) mass is 288 g/mol. The molecule has 0 spiro atoms. The molecule has 3 N–H and O–H groups in total. The highest BCUT2D eigenvalue weighted by Crippen LogP contribution is 2.30. The number of Topliss-reactive ketones (excluding diaryl/α,β-unsaturated/α-hetero) is 1. The van der Waals surface area contributed by atoms with Gasteiger partial charge >= 0.3 is 0 Å². The van der Waals surface area contributed by atoms with Crippen molar-refractivity contribution in [3.8, 4) is 0 Å². The summed E-state index contributed by atoms with van der Waals surface area (Å²) >= 11 is 1.44. The number of thiophene rings is 1. The maximum atomic E-state index is 11.7. The smallest absolute Gasteiger partial charge is 0.174 e. The number of hydrogen-bond acceptors (Lipinski definition) is 4. The van der Waals surface area contributed by atoms with E-state index in [-0.39, 0.29) is 5.78 Å². The molecule has 1 unspecified atom stereocenters. The third-order valence-electron chi connectivity index (χ3n) is 3.29. The first-order valence-electron chi connectivity index (χ1n) is 6.83. The van der Waals surface area contributed by atoms with Crippen molar-refractivity contribution >= 4 is 27.8 Å². The summed E-state index contributed by atoms with van der Waals surface area (Å²) in [6.45, 7) is 4.85. The molecule has 0 aliphatic rings. The lowest BCUT2D eigenvalue weighted by atomic mass is 10.0. The molecule has 1 heterocycles. The number of nitrogens with one attached hydrogen (secondary N) is 1. The Morgan fingerprint density at radius 1 is 1.35 bits per heavy atom. The molecule has 20 heavy (non-hydrogen) atoms. The zero-order valence-corrected chi connectivity index (χ0v) is 12.7. The Hall–Kier alpha value is -1.81. The average molecular weight is 288 g/mol. The van der Waals surface area contributed by atoms with Crippen LogP contribution in [0, 0.1) is 0 Å². The standard InChI is InChI=1S/C16H20N2OS/c1-3-14(19)16-13(17)9-15(20-16)18-10-11(2)12-7-5-4-6-8-12/h4-9,11,18H,3,10,17H2,1-2H3. The largest absolute Gasteiger partial charge is 0.397 e. The second kappa shape index (κ2) is 6.57. The van der Waals surface area contributed by atoms with E-state index in [1.165, 1.54) is 16.9 Å². The van der Waals surface area contributed by atoms with Crippen LogP contribution >= 0.6 is 11.3 Å². The van der Waals surface area contributed by atoms with Crippen molar-refractivity contribution in [2.45, 2.75) is 26.2 Å². The lowest BCUT2D eigenvalue weighted by Crippen LogP contribution is -2.08. The predicted octanol–water partition coefficient (Wildman–Crippen LogP) is 4.14. The summed E-state index contributed by atoms with van der Waals surface area (Å²) in [4.78, 5) is 12.4. The van der Waals surface area contributed by atoms with Crippen LogP contribution in [0.5, 0.6) is 0 Å². The highest BCUT2D eigenvalue weighted by molar-refractivity contribution is 7.18. The van der Waals surface area contributed by atoms with Crippen molar-refractivity contribution in [2.24, 2.45) is 0 Å². The van der Waals surface area contributed by atoms with Crippen LogP contribution in [0.15, 0.2) is 36.4 Å². The molecule has 1 aromatic carbocycles. The third kappa shape index (κ3) is 3.39. The minimum atomic E-state index is 0.108. The van der Waals surface area contributed by atoms with Crippen molar-refractivity contribution in [2.75, 3.05) is 17.6 Å². The summed E-state index contributed by atoms with van der Waals surface area (Å²) in [5, 5.41) is 4.33. The van der Waals surface area contributed by atoms with Gasteiger partial charge in [-0.15, -0.1) is 11.3 Å². The number of nitrogens with two attached hydrogens (primary N) is 1. The van der Waals surface area contributed by atoms with E-state index in [4.69, 9.17) is 5.73 Å². The molecule has 0 aliphatic heterocycles. The summed E-state index contributed by atoms with van der Waals surface area (Å²) in [6.07, 6.45) is 0.491. The van der Waals surface area contributed by atoms with Crippen LogP contribution in [0.1, 0.15) is 41.4 Å². The topological polar surface area (TPSA) is 55.1 Å². The van der Waals surface area contributed by atoms with Gasteiger partial charge in [-0.1, -0.05) is 44.2 Å². The molecule has 0 amide bonds. The first-order valence-corrected chi connectivity index (χ1v) is 7.64. The minimum absolute atomic E-state index is 0.108. The molecule has 106 valence electrons. The van der Waals surface area contributed by atoms with Crippen molar-refractivity contribution in [3.63, 3.8) is 0 Å². The van der Waals surface area contributed by atoms with Gasteiger partial charge in [-0.3, -0.25) is 4.79 Å². The van der Waals surface area contributed by atoms with E-state index >= 15 is 0 Å². The Labute approximate surface area is 123 Å². The molecule has 3 nitrogen and oxygen atoms in total. The average Bonchev–Trinajstić information content (AvgIpc) is 2.86. The Morgan fingerprint density at radius 2 is 2.05 bits per heavy atom. The molecule has 1 atom stereocenters. The highest BCUT2D eigenvalue weighted by atomic mass is 32.1. The summed E-state index contributed by atoms with van der Waals surface area (Å²) in [5.41, 5.74) is 7.77. The van der Waals surface area contributed by atoms with E-state index in [9.17, 15) is 4.79 Å². The van der Waals surface area contributed by atoms with Gasteiger partial charge in [0.05, 0.1) is 15.6 Å². The van der Waals surface area contributed by atoms with Gasteiger partial charge < -0.3 is 11.1 Å². The van der Waals surface area contributed by atoms with Gasteiger partial charge in [0.15, 0.2) is 5.78 Å². The Kier molecular flexibility index (Phi) is 4.79. The molecular formula is C16H20N2OS. The molecule has 2 rings (SSSR count). The molecule has 4 heteroatoms. The van der Waals surface area contributed by atoms with Gasteiger partial charge in [0.2, 0.25) is 0 Å². The van der Waals surface area contributed by atoms with E-state index in [2.05, 4.69) is 24.4 Å². The van der Waals surface area contributed by atoms with Crippen molar-refractivity contribution < 1.29 is 4.79 Å². The number of ketones is 1. The molecule has 0 fully saturated rings. The Bertz CT molecular complexity index is 577. The van der Waals surface area contributed by atoms with E-state index < -0.39 is 0 Å². The third-order valence-corrected chi connectivity index (χ3v) is 4.44. The fraction of sp³-hybridized carbons (Fsp3) is 0.312. The van der Waals surface area contributed by atoms with Crippen LogP contribution in [0.2, 0.25) is 0 Å². The molecule has 0 saturated heterocycles. The Morgan fingerprint density at radius 3 is 2.70 bits per heavy atom. The molecular weight excluding hydrogens is 268 g/mol. The lowest BCUT2D eigenvalue weighted by molar-refractivity contribution is 0.0993. The SMILES string of the molecule is CCC(=O)c1sc(NCC(C)c2ccccc2)cc1N. The number of carbonyl (C=O) groups is 1. The zero-order valence-electron chi connectivity index (χ0n) is 11.8. The highest BCUT2D eigenvalue weighted by Gasteiger charge is 2.13. The van der Waals surface area contributed by atoms with Gasteiger partial charge in [0, 0.05) is 13.0 Å². The van der Waals surface area contributed by atoms with Gasteiger partial charge in [-0.25, -0.2) is 0 Å². The van der Waals surface area contributed by atoms with Crippen LogP contribution in [0.4, 0.5) is 10.7 Å². The summed E-state index contributed by atoms with van der Waals surface area (Å²) in [7, 11) is 0. The van der Waals surface area contributed by atoms with Crippen LogP contribution < -0.4 is 11.1 Å². The molecule has 0 bridgehead atoms. The predicted molar refractivity (Wildman–Crippen MR) is 86.7 cm³/mol. The number of nitrogen functional groups attached to an aromatic ring is 1. The number of benzene rings is 1. The zero-order chi connectivity index (χ0) is 14.5. The Balaban J connectivity index is 1.99. The van der Waals surface area contributed by atoms with Gasteiger partial charge in [0.25, 0.3) is 0 Å². The normalized spacial score (nSPS) is 12.1. The number of carbonyl (C=O) groups excluding carboxylic acids is 1. The molecule has 0 aliphatic carbocycles. The fourth-order valence-electron chi connectivity index (χ4n) is 2.02. The molecule has 0 saturated carbocycles.